The molecule has 1 heterocycles. The Morgan fingerprint density at radius 2 is 2.00 bits per heavy atom. The van der Waals surface area contributed by atoms with Crippen molar-refractivity contribution in [3.8, 4) is 0 Å². The van der Waals surface area contributed by atoms with Gasteiger partial charge in [-0.15, -0.1) is 0 Å². The summed E-state index contributed by atoms with van der Waals surface area (Å²) in [5.41, 5.74) is 1.27. The van der Waals surface area contributed by atoms with Crippen molar-refractivity contribution in [1.29, 1.82) is 0 Å². The van der Waals surface area contributed by atoms with Gasteiger partial charge in [0.05, 0.1) is 5.69 Å². The zero-order valence-corrected chi connectivity index (χ0v) is 9.39. The number of aryl methyl sites for hydroxylation is 1. The molecule has 0 saturated carbocycles. The Kier molecular flexibility index (Phi) is 2.83. The smallest absolute Gasteiger partial charge is 0.0768 e. The monoisotopic (exact) mass is 186 g/mol. The second-order valence-corrected chi connectivity index (χ2v) is 5.89. The van der Waals surface area contributed by atoms with E-state index in [1.165, 1.54) is 10.6 Å². The molecule has 0 aliphatic rings. The van der Waals surface area contributed by atoms with Gasteiger partial charge < -0.3 is 0 Å². The number of thiol groups is 1. The highest BCUT2D eigenvalue weighted by molar-refractivity contribution is 8.15. The van der Waals surface area contributed by atoms with Crippen LogP contribution in [0.3, 0.4) is 0 Å². The summed E-state index contributed by atoms with van der Waals surface area (Å²) in [6.07, 6.45) is 6.71. The molecule has 12 heavy (non-hydrogen) atoms. The fourth-order valence-corrected chi connectivity index (χ4v) is 2.41. The lowest BCUT2D eigenvalue weighted by Crippen LogP contribution is -1.93. The highest BCUT2D eigenvalue weighted by Gasteiger charge is 2.11. The van der Waals surface area contributed by atoms with Gasteiger partial charge in [-0.3, -0.25) is 4.68 Å². The van der Waals surface area contributed by atoms with E-state index in [9.17, 15) is 0 Å². The van der Waals surface area contributed by atoms with Gasteiger partial charge in [0.2, 0.25) is 0 Å². The van der Waals surface area contributed by atoms with Gasteiger partial charge in [0.25, 0.3) is 0 Å². The summed E-state index contributed by atoms with van der Waals surface area (Å²) >= 11 is 0. The van der Waals surface area contributed by atoms with Crippen molar-refractivity contribution in [3.05, 3.63) is 11.9 Å². The third-order valence-electron chi connectivity index (χ3n) is 1.87. The number of hydrogen-bond acceptors (Lipinski definition) is 1. The molecule has 0 bridgehead atoms. The number of nitrogens with zero attached hydrogens (tertiary/aromatic N) is 2. The van der Waals surface area contributed by atoms with Crippen LogP contribution >= 0.6 is 10.9 Å². The Labute approximate surface area is 77.3 Å². The molecule has 0 aliphatic heterocycles. The predicted octanol–water partition coefficient (Wildman–Crippen LogP) is 2.16. The van der Waals surface area contributed by atoms with Crippen molar-refractivity contribution in [1.82, 2.24) is 9.78 Å². The first-order chi connectivity index (χ1) is 5.52. The van der Waals surface area contributed by atoms with Crippen LogP contribution in [0.5, 0.6) is 0 Å². The van der Waals surface area contributed by atoms with Crippen LogP contribution in [0, 0.1) is 0 Å². The lowest BCUT2D eigenvalue weighted by atomic mass is 10.1. The van der Waals surface area contributed by atoms with E-state index in [0.29, 0.717) is 5.92 Å². The van der Waals surface area contributed by atoms with E-state index in [0.717, 1.165) is 0 Å². The summed E-state index contributed by atoms with van der Waals surface area (Å²) < 4.78 is 1.92. The second kappa shape index (κ2) is 3.52. The fraction of sp³-hybridized carbons (Fsp3) is 0.667. The third-order valence-corrected chi connectivity index (χ3v) is 3.17. The van der Waals surface area contributed by atoms with E-state index < -0.39 is 0 Å². The topological polar surface area (TPSA) is 17.8 Å². The minimum absolute atomic E-state index is 0.0113. The summed E-state index contributed by atoms with van der Waals surface area (Å²) in [6, 6.07) is 0. The molecule has 0 saturated heterocycles. The molecule has 0 unspecified atom stereocenters. The molecule has 0 atom stereocenters. The molecule has 2 nitrogen and oxygen atoms in total. The first-order valence-electron chi connectivity index (χ1n) is 4.23. The summed E-state index contributed by atoms with van der Waals surface area (Å²) in [5.74, 6) is 0.547. The summed E-state index contributed by atoms with van der Waals surface area (Å²) in [6.45, 7) is 4.40. The van der Waals surface area contributed by atoms with Crippen LogP contribution < -0.4 is 0 Å². The largest absolute Gasteiger partial charge is 0.274 e. The third kappa shape index (κ3) is 1.83. The van der Waals surface area contributed by atoms with Crippen LogP contribution in [0.2, 0.25) is 0 Å². The van der Waals surface area contributed by atoms with Gasteiger partial charge in [-0.25, -0.2) is 10.9 Å². The Hall–Kier alpha value is -0.440. The van der Waals surface area contributed by atoms with Gasteiger partial charge in [-0.05, 0) is 18.4 Å². The average molecular weight is 186 g/mol. The lowest BCUT2D eigenvalue weighted by Gasteiger charge is -2.10. The first kappa shape index (κ1) is 9.65. The number of rotatable bonds is 2. The Bertz CT molecular complexity index is 238. The van der Waals surface area contributed by atoms with Crippen LogP contribution in [0.1, 0.15) is 25.5 Å². The van der Waals surface area contributed by atoms with Crippen molar-refractivity contribution in [2.45, 2.75) is 24.7 Å². The summed E-state index contributed by atoms with van der Waals surface area (Å²) in [7, 11) is 1.98. The maximum atomic E-state index is 4.46. The molecule has 0 fully saturated rings. The molecule has 0 aromatic carbocycles. The zero-order valence-electron chi connectivity index (χ0n) is 8.50. The second-order valence-electron chi connectivity index (χ2n) is 3.62. The predicted molar refractivity (Wildman–Crippen MR) is 56.4 cm³/mol. The van der Waals surface area contributed by atoms with E-state index in [4.69, 9.17) is 0 Å². The molecule has 1 aromatic rings. The lowest BCUT2D eigenvalue weighted by molar-refractivity contribution is 0.711. The van der Waals surface area contributed by atoms with E-state index in [1.54, 1.807) is 0 Å². The van der Waals surface area contributed by atoms with E-state index in [2.05, 4.69) is 37.7 Å². The standard InChI is InChI=1S/C9H18N2S/c1-7(2)9-8(12(4)5)6-11(3)10-9/h6-7,12H,1-5H3. The van der Waals surface area contributed by atoms with Crippen LogP contribution in [-0.4, -0.2) is 22.3 Å². The maximum Gasteiger partial charge on any atom is 0.0768 e. The highest BCUT2D eigenvalue weighted by atomic mass is 32.2. The van der Waals surface area contributed by atoms with Crippen LogP contribution in [0.15, 0.2) is 11.1 Å². The van der Waals surface area contributed by atoms with Crippen molar-refractivity contribution < 1.29 is 0 Å². The molecule has 1 rings (SSSR count). The van der Waals surface area contributed by atoms with Crippen LogP contribution in [0.4, 0.5) is 0 Å². The summed E-state index contributed by atoms with van der Waals surface area (Å²) in [4.78, 5) is 1.45. The molecular weight excluding hydrogens is 168 g/mol. The number of aromatic nitrogens is 2. The maximum absolute atomic E-state index is 4.46. The van der Waals surface area contributed by atoms with E-state index >= 15 is 0 Å². The van der Waals surface area contributed by atoms with Gasteiger partial charge in [0, 0.05) is 18.1 Å². The van der Waals surface area contributed by atoms with Gasteiger partial charge in [-0.1, -0.05) is 13.8 Å². The minimum Gasteiger partial charge on any atom is -0.274 e. The molecule has 0 amide bonds. The Morgan fingerprint density at radius 3 is 2.33 bits per heavy atom. The van der Waals surface area contributed by atoms with Gasteiger partial charge in [0.15, 0.2) is 0 Å². The minimum atomic E-state index is -0.0113. The average Bonchev–Trinajstić information content (AvgIpc) is 2.31. The quantitative estimate of drug-likeness (QED) is 0.701. The first-order valence-corrected chi connectivity index (χ1v) is 6.47. The Morgan fingerprint density at radius 1 is 1.42 bits per heavy atom. The molecule has 0 N–H and O–H groups in total. The van der Waals surface area contributed by atoms with E-state index in [1.807, 2.05) is 11.7 Å². The van der Waals surface area contributed by atoms with Gasteiger partial charge in [0.1, 0.15) is 0 Å². The molecule has 3 heteroatoms. The SMILES string of the molecule is CC(C)c1nn(C)cc1[SH](C)C. The summed E-state index contributed by atoms with van der Waals surface area (Å²) in [5, 5.41) is 4.46. The number of hydrogen-bond donors (Lipinski definition) is 1. The molecule has 1 aromatic heterocycles. The molecule has 0 radical (unpaired) electrons. The Balaban J connectivity index is 3.08. The van der Waals surface area contributed by atoms with Crippen molar-refractivity contribution in [3.63, 3.8) is 0 Å². The van der Waals surface area contributed by atoms with Gasteiger partial charge in [-0.2, -0.15) is 5.10 Å². The van der Waals surface area contributed by atoms with Crippen molar-refractivity contribution in [2.24, 2.45) is 7.05 Å². The van der Waals surface area contributed by atoms with Crippen LogP contribution in [-0.2, 0) is 7.05 Å². The van der Waals surface area contributed by atoms with E-state index in [-0.39, 0.29) is 10.9 Å². The fourth-order valence-electron chi connectivity index (χ4n) is 1.25. The molecular formula is C9H18N2S. The molecule has 0 aliphatic carbocycles. The zero-order chi connectivity index (χ0) is 9.30. The molecule has 70 valence electrons. The normalized spacial score (nSPS) is 12.3. The molecule has 0 spiro atoms. The highest BCUT2D eigenvalue weighted by Crippen LogP contribution is 2.34. The van der Waals surface area contributed by atoms with Gasteiger partial charge >= 0.3 is 0 Å². The van der Waals surface area contributed by atoms with Crippen LogP contribution in [0.25, 0.3) is 0 Å². The van der Waals surface area contributed by atoms with Crippen molar-refractivity contribution in [2.75, 3.05) is 12.5 Å². The van der Waals surface area contributed by atoms with Crippen molar-refractivity contribution >= 4 is 10.9 Å².